The Morgan fingerprint density at radius 3 is 2.34 bits per heavy atom. The number of ether oxygens (including phenoxy) is 1. The van der Waals surface area contributed by atoms with Crippen molar-refractivity contribution in [2.75, 3.05) is 20.3 Å². The van der Waals surface area contributed by atoms with Crippen LogP contribution in [0.4, 0.5) is 4.79 Å². The molecule has 3 amide bonds. The Balaban J connectivity index is 1.62. The molecule has 0 bridgehead atoms. The molecule has 0 saturated carbocycles. The van der Waals surface area contributed by atoms with E-state index >= 15 is 0 Å². The Bertz CT molecular complexity index is 838. The largest absolute Gasteiger partial charge is 0.497 e. The van der Waals surface area contributed by atoms with Crippen LogP contribution in [0.1, 0.15) is 31.4 Å². The van der Waals surface area contributed by atoms with Crippen molar-refractivity contribution in [2.24, 2.45) is 0 Å². The smallest absolute Gasteiger partial charge is 0.329 e. The second kappa shape index (κ2) is 9.09. The van der Waals surface area contributed by atoms with Crippen LogP contribution in [-0.4, -0.2) is 42.7 Å². The molecule has 2 atom stereocenters. The van der Waals surface area contributed by atoms with Crippen molar-refractivity contribution >= 4 is 11.9 Å². The monoisotopic (exact) mass is 396 g/mol. The van der Waals surface area contributed by atoms with E-state index in [0.717, 1.165) is 24.4 Å². The van der Waals surface area contributed by atoms with Gasteiger partial charge in [-0.3, -0.25) is 4.79 Å². The average Bonchev–Trinajstić information content (AvgIpc) is 2.96. The molecule has 154 valence electrons. The van der Waals surface area contributed by atoms with Gasteiger partial charge in [0.25, 0.3) is 5.91 Å². The number of methoxy groups -OCH3 is 1. The van der Waals surface area contributed by atoms with Crippen molar-refractivity contribution in [3.8, 4) is 5.75 Å². The maximum atomic E-state index is 13.1. The van der Waals surface area contributed by atoms with E-state index in [1.165, 1.54) is 15.4 Å². The number of aryl methyl sites for hydroxylation is 1. The fourth-order valence-corrected chi connectivity index (χ4v) is 3.65. The summed E-state index contributed by atoms with van der Waals surface area (Å²) < 4.78 is 5.18. The first-order valence-electron chi connectivity index (χ1n) is 10.1. The fraction of sp³-hybridized carbons (Fsp3) is 0.391. The number of nitrogens with one attached hydrogen (secondary N) is 2. The number of hydrogen-bond acceptors (Lipinski definition) is 3. The van der Waals surface area contributed by atoms with E-state index < -0.39 is 5.54 Å². The molecular weight excluding hydrogens is 366 g/mol. The summed E-state index contributed by atoms with van der Waals surface area (Å²) in [4.78, 5) is 28.2. The van der Waals surface area contributed by atoms with E-state index in [-0.39, 0.29) is 11.9 Å². The molecule has 0 aromatic heterocycles. The fourth-order valence-electron chi connectivity index (χ4n) is 3.65. The van der Waals surface area contributed by atoms with Crippen LogP contribution in [-0.2, 0) is 17.8 Å². The first-order valence-corrected chi connectivity index (χ1v) is 10.1. The van der Waals surface area contributed by atoms with Gasteiger partial charge in [-0.25, -0.2) is 9.69 Å². The average molecular weight is 397 g/mol. The van der Waals surface area contributed by atoms with Gasteiger partial charge < -0.3 is 15.0 Å². The minimum absolute atomic E-state index is 0.143. The van der Waals surface area contributed by atoms with Crippen LogP contribution < -0.4 is 15.0 Å². The van der Waals surface area contributed by atoms with E-state index in [2.05, 4.69) is 24.4 Å². The Kier molecular flexibility index (Phi) is 6.54. The lowest BCUT2D eigenvalue weighted by Gasteiger charge is -2.24. The molecule has 3 rings (SSSR count). The van der Waals surface area contributed by atoms with Crippen LogP contribution in [0.5, 0.6) is 5.75 Å². The van der Waals surface area contributed by atoms with E-state index in [0.29, 0.717) is 19.5 Å². The van der Waals surface area contributed by atoms with Gasteiger partial charge in [-0.15, -0.1) is 0 Å². The number of quaternary nitrogens is 1. The molecule has 1 fully saturated rings. The van der Waals surface area contributed by atoms with Gasteiger partial charge in [0, 0.05) is 5.56 Å². The lowest BCUT2D eigenvalue weighted by atomic mass is 9.93. The lowest BCUT2D eigenvalue weighted by molar-refractivity contribution is -0.919. The standard InChI is InChI=1S/C23H29N3O3/c1-4-25(16-19-8-6-5-7-9-19)17-26-21(27)23(2,24-22(26)28)15-14-18-10-12-20(29-3)13-11-18/h5-13H,4,14-17H2,1-3H3,(H,24,28)/p+1/t23-/m0/s1. The maximum absolute atomic E-state index is 13.1. The lowest BCUT2D eigenvalue weighted by Crippen LogP contribution is -3.12. The second-order valence-electron chi connectivity index (χ2n) is 7.77. The minimum atomic E-state index is -0.872. The Labute approximate surface area is 172 Å². The molecule has 0 radical (unpaired) electrons. The number of hydrogen-bond donors (Lipinski definition) is 2. The molecule has 29 heavy (non-hydrogen) atoms. The zero-order valence-corrected chi connectivity index (χ0v) is 17.4. The van der Waals surface area contributed by atoms with Crippen molar-refractivity contribution < 1.29 is 19.2 Å². The number of rotatable bonds is 9. The highest BCUT2D eigenvalue weighted by molar-refractivity contribution is 6.06. The molecule has 1 saturated heterocycles. The summed E-state index contributed by atoms with van der Waals surface area (Å²) in [5, 5.41) is 2.92. The summed E-state index contributed by atoms with van der Waals surface area (Å²) in [5.41, 5.74) is 1.43. The minimum Gasteiger partial charge on any atom is -0.497 e. The van der Waals surface area contributed by atoms with Gasteiger partial charge in [-0.2, -0.15) is 0 Å². The highest BCUT2D eigenvalue weighted by atomic mass is 16.5. The zero-order valence-electron chi connectivity index (χ0n) is 17.4. The van der Waals surface area contributed by atoms with Crippen LogP contribution in [0.3, 0.4) is 0 Å². The predicted molar refractivity (Wildman–Crippen MR) is 112 cm³/mol. The SMILES string of the molecule is CC[NH+](Cc1ccccc1)CN1C(=O)N[C@@](C)(CCc2ccc(OC)cc2)C1=O. The number of amides is 3. The van der Waals surface area contributed by atoms with Gasteiger partial charge in [0.05, 0.1) is 13.7 Å². The van der Waals surface area contributed by atoms with Gasteiger partial charge in [0.1, 0.15) is 17.8 Å². The third-order valence-electron chi connectivity index (χ3n) is 5.60. The number of nitrogens with zero attached hydrogens (tertiary/aromatic N) is 1. The van der Waals surface area contributed by atoms with E-state index in [9.17, 15) is 9.59 Å². The molecule has 6 nitrogen and oxygen atoms in total. The third kappa shape index (κ3) is 4.95. The van der Waals surface area contributed by atoms with Crippen molar-refractivity contribution in [2.45, 2.75) is 38.8 Å². The number of imide groups is 1. The molecule has 1 aliphatic heterocycles. The number of carbonyl (C=O) groups excluding carboxylic acids is 2. The Hall–Kier alpha value is -2.86. The normalized spacial score (nSPS) is 19.9. The van der Waals surface area contributed by atoms with Gasteiger partial charge in [-0.1, -0.05) is 42.5 Å². The maximum Gasteiger partial charge on any atom is 0.329 e. The summed E-state index contributed by atoms with van der Waals surface area (Å²) in [6, 6.07) is 17.6. The molecule has 0 spiro atoms. The van der Waals surface area contributed by atoms with Gasteiger partial charge in [0.15, 0.2) is 6.67 Å². The van der Waals surface area contributed by atoms with Gasteiger partial charge in [-0.05, 0) is 44.4 Å². The van der Waals surface area contributed by atoms with Gasteiger partial charge >= 0.3 is 6.03 Å². The number of carbonyl (C=O) groups is 2. The van der Waals surface area contributed by atoms with Crippen LogP contribution in [0.2, 0.25) is 0 Å². The van der Waals surface area contributed by atoms with Crippen LogP contribution >= 0.6 is 0 Å². The highest BCUT2D eigenvalue weighted by Crippen LogP contribution is 2.23. The van der Waals surface area contributed by atoms with E-state index in [1.807, 2.05) is 49.4 Å². The van der Waals surface area contributed by atoms with Crippen molar-refractivity contribution in [3.05, 3.63) is 65.7 Å². The summed E-state index contributed by atoms with van der Waals surface area (Å²) in [6.45, 7) is 5.86. The van der Waals surface area contributed by atoms with E-state index in [1.54, 1.807) is 7.11 Å². The molecule has 2 aromatic carbocycles. The molecule has 1 aliphatic rings. The van der Waals surface area contributed by atoms with Crippen LogP contribution in [0.15, 0.2) is 54.6 Å². The van der Waals surface area contributed by atoms with Crippen molar-refractivity contribution in [3.63, 3.8) is 0 Å². The molecule has 6 heteroatoms. The number of urea groups is 1. The van der Waals surface area contributed by atoms with Crippen molar-refractivity contribution in [1.29, 1.82) is 0 Å². The van der Waals surface area contributed by atoms with Gasteiger partial charge in [0.2, 0.25) is 0 Å². The molecular formula is C23H30N3O3+. The van der Waals surface area contributed by atoms with Crippen LogP contribution in [0.25, 0.3) is 0 Å². The quantitative estimate of drug-likeness (QED) is 0.638. The Morgan fingerprint density at radius 1 is 1.03 bits per heavy atom. The summed E-state index contributed by atoms with van der Waals surface area (Å²) in [5.74, 6) is 0.660. The summed E-state index contributed by atoms with van der Waals surface area (Å²) >= 11 is 0. The molecule has 1 unspecified atom stereocenters. The van der Waals surface area contributed by atoms with Crippen LogP contribution in [0, 0.1) is 0 Å². The zero-order chi connectivity index (χ0) is 20.9. The molecule has 2 N–H and O–H groups in total. The first-order chi connectivity index (χ1) is 13.9. The summed E-state index contributed by atoms with van der Waals surface area (Å²) in [6.07, 6.45) is 1.26. The molecule has 1 heterocycles. The van der Waals surface area contributed by atoms with Crippen molar-refractivity contribution in [1.82, 2.24) is 10.2 Å². The third-order valence-corrected chi connectivity index (χ3v) is 5.60. The Morgan fingerprint density at radius 2 is 1.72 bits per heavy atom. The molecule has 2 aromatic rings. The second-order valence-corrected chi connectivity index (χ2v) is 7.77. The predicted octanol–water partition coefficient (Wildman–Crippen LogP) is 2.00. The summed E-state index contributed by atoms with van der Waals surface area (Å²) in [7, 11) is 1.64. The highest BCUT2D eigenvalue weighted by Gasteiger charge is 2.48. The number of benzene rings is 2. The first kappa shape index (κ1) is 20.9. The molecule has 0 aliphatic carbocycles. The van der Waals surface area contributed by atoms with E-state index in [4.69, 9.17) is 4.74 Å². The topological polar surface area (TPSA) is 63.1 Å².